The number of anilines is 1. The Balaban J connectivity index is 2.03. The quantitative estimate of drug-likeness (QED) is 0.905. The fourth-order valence-electron chi connectivity index (χ4n) is 1.69. The monoisotopic (exact) mass is 281 g/mol. The molecule has 0 atom stereocenters. The van der Waals surface area contributed by atoms with Crippen molar-refractivity contribution in [2.24, 2.45) is 5.73 Å². The van der Waals surface area contributed by atoms with Crippen LogP contribution in [-0.2, 0) is 19.3 Å². The van der Waals surface area contributed by atoms with Gasteiger partial charge in [-0.1, -0.05) is 24.3 Å². The van der Waals surface area contributed by atoms with E-state index in [1.165, 1.54) is 0 Å². The standard InChI is InChI=1S/C14H14F3N3/c15-14(16,17)12-5-6-19-13(7-12)20-9-11-3-1-10(8-18)2-4-11/h1-7H,8-9,18H2,(H,19,20). The van der Waals surface area contributed by atoms with Crippen LogP contribution in [0, 0.1) is 0 Å². The van der Waals surface area contributed by atoms with Crippen LogP contribution in [-0.4, -0.2) is 4.98 Å². The minimum absolute atomic E-state index is 0.197. The van der Waals surface area contributed by atoms with E-state index in [0.29, 0.717) is 13.1 Å². The van der Waals surface area contributed by atoms with Crippen molar-refractivity contribution in [1.82, 2.24) is 4.98 Å². The van der Waals surface area contributed by atoms with E-state index in [1.807, 2.05) is 24.3 Å². The van der Waals surface area contributed by atoms with Crippen molar-refractivity contribution in [2.75, 3.05) is 5.32 Å². The molecule has 1 aromatic heterocycles. The Labute approximate surface area is 114 Å². The van der Waals surface area contributed by atoms with Gasteiger partial charge in [0.05, 0.1) is 5.56 Å². The molecule has 2 rings (SSSR count). The first-order valence-corrected chi connectivity index (χ1v) is 6.04. The Morgan fingerprint density at radius 1 is 1.05 bits per heavy atom. The Hall–Kier alpha value is -2.08. The smallest absolute Gasteiger partial charge is 0.366 e. The molecule has 1 heterocycles. The van der Waals surface area contributed by atoms with Crippen molar-refractivity contribution in [1.29, 1.82) is 0 Å². The minimum Gasteiger partial charge on any atom is -0.366 e. The maximum atomic E-state index is 12.5. The van der Waals surface area contributed by atoms with Crippen LogP contribution in [0.2, 0.25) is 0 Å². The Kier molecular flexibility index (Phi) is 4.24. The first-order valence-electron chi connectivity index (χ1n) is 6.04. The van der Waals surface area contributed by atoms with Crippen molar-refractivity contribution in [3.63, 3.8) is 0 Å². The summed E-state index contributed by atoms with van der Waals surface area (Å²) >= 11 is 0. The summed E-state index contributed by atoms with van der Waals surface area (Å²) < 4.78 is 37.6. The molecule has 106 valence electrons. The molecule has 0 aliphatic rings. The number of benzene rings is 1. The molecule has 2 aromatic rings. The molecule has 1 aromatic carbocycles. The molecule has 0 fully saturated rings. The fraction of sp³-hybridized carbons (Fsp3) is 0.214. The molecule has 0 amide bonds. The molecule has 3 nitrogen and oxygen atoms in total. The summed E-state index contributed by atoms with van der Waals surface area (Å²) in [5.74, 6) is 0.197. The maximum absolute atomic E-state index is 12.5. The first-order chi connectivity index (χ1) is 9.49. The zero-order valence-electron chi connectivity index (χ0n) is 10.6. The predicted molar refractivity (Wildman–Crippen MR) is 70.9 cm³/mol. The molecule has 20 heavy (non-hydrogen) atoms. The largest absolute Gasteiger partial charge is 0.416 e. The van der Waals surface area contributed by atoms with E-state index in [2.05, 4.69) is 10.3 Å². The number of aromatic nitrogens is 1. The van der Waals surface area contributed by atoms with E-state index in [-0.39, 0.29) is 5.82 Å². The van der Waals surface area contributed by atoms with Gasteiger partial charge in [0.15, 0.2) is 0 Å². The minimum atomic E-state index is -4.36. The van der Waals surface area contributed by atoms with E-state index in [4.69, 9.17) is 5.73 Å². The number of alkyl halides is 3. The number of hydrogen-bond acceptors (Lipinski definition) is 3. The van der Waals surface area contributed by atoms with Crippen molar-refractivity contribution in [3.8, 4) is 0 Å². The van der Waals surface area contributed by atoms with Crippen LogP contribution >= 0.6 is 0 Å². The van der Waals surface area contributed by atoms with Crippen LogP contribution in [0.5, 0.6) is 0 Å². The molecule has 6 heteroatoms. The molecule has 0 aliphatic heterocycles. The number of nitrogens with zero attached hydrogens (tertiary/aromatic N) is 1. The number of halogens is 3. The molecule has 0 saturated carbocycles. The lowest BCUT2D eigenvalue weighted by Crippen LogP contribution is -2.07. The highest BCUT2D eigenvalue weighted by Crippen LogP contribution is 2.29. The Morgan fingerprint density at radius 2 is 1.70 bits per heavy atom. The molecule has 3 N–H and O–H groups in total. The van der Waals surface area contributed by atoms with Crippen LogP contribution in [0.4, 0.5) is 19.0 Å². The lowest BCUT2D eigenvalue weighted by Gasteiger charge is -2.10. The second-order valence-corrected chi connectivity index (χ2v) is 4.30. The normalized spacial score (nSPS) is 11.4. The summed E-state index contributed by atoms with van der Waals surface area (Å²) in [4.78, 5) is 3.87. The lowest BCUT2D eigenvalue weighted by molar-refractivity contribution is -0.137. The third-order valence-electron chi connectivity index (χ3n) is 2.82. The summed E-state index contributed by atoms with van der Waals surface area (Å²) in [7, 11) is 0. The summed E-state index contributed by atoms with van der Waals surface area (Å²) in [6.45, 7) is 0.863. The highest BCUT2D eigenvalue weighted by molar-refractivity contribution is 5.39. The summed E-state index contributed by atoms with van der Waals surface area (Å²) in [5, 5.41) is 2.87. The van der Waals surface area contributed by atoms with Gasteiger partial charge in [0.25, 0.3) is 0 Å². The van der Waals surface area contributed by atoms with Crippen LogP contribution in [0.25, 0.3) is 0 Å². The van der Waals surface area contributed by atoms with Gasteiger partial charge in [-0.2, -0.15) is 13.2 Å². The van der Waals surface area contributed by atoms with Gasteiger partial charge in [-0.3, -0.25) is 0 Å². The maximum Gasteiger partial charge on any atom is 0.416 e. The summed E-state index contributed by atoms with van der Waals surface area (Å²) in [6.07, 6.45) is -3.22. The molecule has 0 spiro atoms. The van der Waals surface area contributed by atoms with Gasteiger partial charge in [0, 0.05) is 19.3 Å². The van der Waals surface area contributed by atoms with E-state index in [0.717, 1.165) is 29.5 Å². The van der Waals surface area contributed by atoms with E-state index >= 15 is 0 Å². The van der Waals surface area contributed by atoms with Crippen molar-refractivity contribution < 1.29 is 13.2 Å². The molecular formula is C14H14F3N3. The molecule has 0 radical (unpaired) electrons. The number of pyridine rings is 1. The third kappa shape index (κ3) is 3.71. The van der Waals surface area contributed by atoms with Crippen LogP contribution in [0.3, 0.4) is 0 Å². The van der Waals surface area contributed by atoms with E-state index in [1.54, 1.807) is 0 Å². The van der Waals surface area contributed by atoms with Crippen LogP contribution in [0.15, 0.2) is 42.6 Å². The average Bonchev–Trinajstić information content (AvgIpc) is 2.45. The third-order valence-corrected chi connectivity index (χ3v) is 2.82. The van der Waals surface area contributed by atoms with Crippen molar-refractivity contribution >= 4 is 5.82 Å². The molecular weight excluding hydrogens is 267 g/mol. The number of rotatable bonds is 4. The van der Waals surface area contributed by atoms with Gasteiger partial charge in [-0.15, -0.1) is 0 Å². The fourth-order valence-corrected chi connectivity index (χ4v) is 1.69. The van der Waals surface area contributed by atoms with E-state index in [9.17, 15) is 13.2 Å². The summed E-state index contributed by atoms with van der Waals surface area (Å²) in [6, 6.07) is 9.47. The second-order valence-electron chi connectivity index (χ2n) is 4.30. The first kappa shape index (κ1) is 14.3. The van der Waals surface area contributed by atoms with Gasteiger partial charge in [-0.05, 0) is 23.3 Å². The number of nitrogens with two attached hydrogens (primary N) is 1. The molecule has 0 unspecified atom stereocenters. The zero-order chi connectivity index (χ0) is 14.6. The highest BCUT2D eigenvalue weighted by Gasteiger charge is 2.30. The Bertz CT molecular complexity index is 565. The predicted octanol–water partition coefficient (Wildman–Crippen LogP) is 3.17. The van der Waals surface area contributed by atoms with Crippen LogP contribution < -0.4 is 11.1 Å². The van der Waals surface area contributed by atoms with Crippen LogP contribution in [0.1, 0.15) is 16.7 Å². The second kappa shape index (κ2) is 5.92. The molecule has 0 saturated heterocycles. The lowest BCUT2D eigenvalue weighted by atomic mass is 10.1. The number of nitrogens with one attached hydrogen (secondary N) is 1. The zero-order valence-corrected chi connectivity index (χ0v) is 10.6. The topological polar surface area (TPSA) is 50.9 Å². The highest BCUT2D eigenvalue weighted by atomic mass is 19.4. The van der Waals surface area contributed by atoms with Gasteiger partial charge in [0.2, 0.25) is 0 Å². The summed E-state index contributed by atoms with van der Waals surface area (Å²) in [5.41, 5.74) is 6.73. The van der Waals surface area contributed by atoms with Gasteiger partial charge in [0.1, 0.15) is 5.82 Å². The molecule has 0 aliphatic carbocycles. The van der Waals surface area contributed by atoms with Crippen molar-refractivity contribution in [3.05, 3.63) is 59.3 Å². The van der Waals surface area contributed by atoms with E-state index < -0.39 is 11.7 Å². The number of hydrogen-bond donors (Lipinski definition) is 2. The molecule has 0 bridgehead atoms. The van der Waals surface area contributed by atoms with Gasteiger partial charge >= 0.3 is 6.18 Å². The average molecular weight is 281 g/mol. The SMILES string of the molecule is NCc1ccc(CNc2cc(C(F)(F)F)ccn2)cc1. The van der Waals surface area contributed by atoms with Gasteiger partial charge in [-0.25, -0.2) is 4.98 Å². The Morgan fingerprint density at radius 3 is 2.30 bits per heavy atom. The van der Waals surface area contributed by atoms with Gasteiger partial charge < -0.3 is 11.1 Å². The van der Waals surface area contributed by atoms with Crippen molar-refractivity contribution in [2.45, 2.75) is 19.3 Å².